The molecule has 0 aliphatic heterocycles. The molecule has 2 aromatic rings. The number of benzene rings is 1. The highest BCUT2D eigenvalue weighted by Gasteiger charge is 2.17. The highest BCUT2D eigenvalue weighted by atomic mass is 35.5. The van der Waals surface area contributed by atoms with Crippen LogP contribution in [0, 0.1) is 0 Å². The minimum Gasteiger partial charge on any atom is -0.495 e. The fourth-order valence-corrected chi connectivity index (χ4v) is 2.14. The number of hydrogen-bond acceptors (Lipinski definition) is 3. The van der Waals surface area contributed by atoms with Gasteiger partial charge in [-0.1, -0.05) is 25.4 Å². The van der Waals surface area contributed by atoms with E-state index < -0.39 is 5.97 Å². The van der Waals surface area contributed by atoms with Crippen molar-refractivity contribution in [2.24, 2.45) is 0 Å². The number of nitrogens with one attached hydrogen (secondary N) is 1. The van der Waals surface area contributed by atoms with Crippen molar-refractivity contribution in [3.63, 3.8) is 0 Å². The number of H-pyrrole nitrogens is 1. The molecular weight excluding hydrogens is 280 g/mol. The second-order valence-electron chi connectivity index (χ2n) is 4.71. The fraction of sp³-hybridized carbons (Fsp3) is 0.286. The monoisotopic (exact) mass is 294 g/mol. The van der Waals surface area contributed by atoms with Gasteiger partial charge in [-0.3, -0.25) is 5.10 Å². The van der Waals surface area contributed by atoms with Crippen LogP contribution in [0.1, 0.15) is 35.8 Å². The van der Waals surface area contributed by atoms with E-state index in [-0.39, 0.29) is 11.6 Å². The van der Waals surface area contributed by atoms with Gasteiger partial charge in [-0.25, -0.2) is 4.79 Å². The minimum atomic E-state index is -1.06. The first-order valence-electron chi connectivity index (χ1n) is 6.10. The number of carbonyl (C=O) groups is 1. The lowest BCUT2D eigenvalue weighted by molar-refractivity contribution is 0.0690. The number of methoxy groups -OCH3 is 1. The van der Waals surface area contributed by atoms with E-state index in [1.807, 2.05) is 12.1 Å². The normalized spacial score (nSPS) is 10.8. The number of nitrogens with zero attached hydrogens (tertiary/aromatic N) is 1. The SMILES string of the molecule is COc1cc(C(C)C)cc(-c2cc(C(=O)O)[nH]n2)c1Cl. The maximum Gasteiger partial charge on any atom is 0.353 e. The van der Waals surface area contributed by atoms with Gasteiger partial charge >= 0.3 is 5.97 Å². The first-order valence-corrected chi connectivity index (χ1v) is 6.48. The standard InChI is InChI=1S/C14H15ClN2O3/c1-7(2)8-4-9(13(15)12(5-8)20-3)10-6-11(14(18)19)17-16-10/h4-7H,1-3H3,(H,16,17)(H,18,19). The van der Waals surface area contributed by atoms with E-state index in [9.17, 15) is 4.79 Å². The lowest BCUT2D eigenvalue weighted by Crippen LogP contribution is -1.95. The molecule has 1 aromatic carbocycles. The summed E-state index contributed by atoms with van der Waals surface area (Å²) in [5.74, 6) is -0.225. The van der Waals surface area contributed by atoms with E-state index in [1.165, 1.54) is 6.07 Å². The van der Waals surface area contributed by atoms with Crippen molar-refractivity contribution < 1.29 is 14.6 Å². The maximum atomic E-state index is 10.9. The van der Waals surface area contributed by atoms with Crippen LogP contribution >= 0.6 is 11.6 Å². The summed E-state index contributed by atoms with van der Waals surface area (Å²) in [5.41, 5.74) is 2.19. The highest BCUT2D eigenvalue weighted by molar-refractivity contribution is 6.34. The van der Waals surface area contributed by atoms with Crippen LogP contribution in [0.15, 0.2) is 18.2 Å². The Balaban J connectivity index is 2.59. The smallest absolute Gasteiger partial charge is 0.353 e. The van der Waals surface area contributed by atoms with Crippen molar-refractivity contribution in [3.8, 4) is 17.0 Å². The highest BCUT2D eigenvalue weighted by Crippen LogP contribution is 2.37. The molecule has 0 bridgehead atoms. The Morgan fingerprint density at radius 1 is 1.40 bits per heavy atom. The van der Waals surface area contributed by atoms with Crippen molar-refractivity contribution in [2.75, 3.05) is 7.11 Å². The Bertz CT molecular complexity index is 650. The van der Waals surface area contributed by atoms with Crippen molar-refractivity contribution >= 4 is 17.6 Å². The van der Waals surface area contributed by atoms with Gasteiger partial charge in [0, 0.05) is 5.56 Å². The maximum absolute atomic E-state index is 10.9. The van der Waals surface area contributed by atoms with Crippen LogP contribution in [0.4, 0.5) is 0 Å². The summed E-state index contributed by atoms with van der Waals surface area (Å²) in [5, 5.41) is 15.8. The number of aromatic carboxylic acids is 1. The zero-order valence-corrected chi connectivity index (χ0v) is 12.2. The van der Waals surface area contributed by atoms with Crippen LogP contribution in [0.2, 0.25) is 5.02 Å². The summed E-state index contributed by atoms with van der Waals surface area (Å²) >= 11 is 6.28. The average molecular weight is 295 g/mol. The van der Waals surface area contributed by atoms with E-state index >= 15 is 0 Å². The molecule has 5 nitrogen and oxygen atoms in total. The number of carboxylic acids is 1. The van der Waals surface area contributed by atoms with Gasteiger partial charge in [-0.2, -0.15) is 5.10 Å². The largest absolute Gasteiger partial charge is 0.495 e. The molecule has 0 aliphatic carbocycles. The molecule has 0 saturated carbocycles. The Hall–Kier alpha value is -2.01. The Morgan fingerprint density at radius 2 is 2.10 bits per heavy atom. The van der Waals surface area contributed by atoms with E-state index in [4.69, 9.17) is 21.4 Å². The number of rotatable bonds is 4. The molecular formula is C14H15ClN2O3. The molecule has 2 N–H and O–H groups in total. The number of aromatic nitrogens is 2. The van der Waals surface area contributed by atoms with Crippen molar-refractivity contribution in [1.82, 2.24) is 10.2 Å². The zero-order valence-electron chi connectivity index (χ0n) is 11.4. The topological polar surface area (TPSA) is 75.2 Å². The van der Waals surface area contributed by atoms with Gasteiger partial charge in [-0.15, -0.1) is 0 Å². The van der Waals surface area contributed by atoms with Gasteiger partial charge in [-0.05, 0) is 29.7 Å². The van der Waals surface area contributed by atoms with Crippen LogP contribution < -0.4 is 4.74 Å². The minimum absolute atomic E-state index is 0.0185. The van der Waals surface area contributed by atoms with Crippen LogP contribution in [-0.2, 0) is 0 Å². The molecule has 0 fully saturated rings. The molecule has 0 atom stereocenters. The molecule has 0 spiro atoms. The van der Waals surface area contributed by atoms with Crippen LogP contribution in [0.5, 0.6) is 5.75 Å². The molecule has 6 heteroatoms. The number of hydrogen-bond donors (Lipinski definition) is 2. The van der Waals surface area contributed by atoms with Crippen LogP contribution in [-0.4, -0.2) is 28.4 Å². The van der Waals surface area contributed by atoms with E-state index in [1.54, 1.807) is 7.11 Å². The fourth-order valence-electron chi connectivity index (χ4n) is 1.86. The number of carboxylic acid groups (broad SMARTS) is 1. The number of ether oxygens (including phenoxy) is 1. The van der Waals surface area contributed by atoms with Gasteiger partial charge < -0.3 is 9.84 Å². The predicted octanol–water partition coefficient (Wildman–Crippen LogP) is 3.56. The van der Waals surface area contributed by atoms with Gasteiger partial charge in [0.15, 0.2) is 0 Å². The Morgan fingerprint density at radius 3 is 2.60 bits per heavy atom. The molecule has 0 radical (unpaired) electrons. The zero-order chi connectivity index (χ0) is 14.9. The van der Waals surface area contributed by atoms with Crippen molar-refractivity contribution in [3.05, 3.63) is 34.5 Å². The quantitative estimate of drug-likeness (QED) is 0.904. The molecule has 2 rings (SSSR count). The number of halogens is 1. The summed E-state index contributed by atoms with van der Waals surface area (Å²) in [4.78, 5) is 10.9. The first kappa shape index (κ1) is 14.4. The third-order valence-corrected chi connectivity index (χ3v) is 3.42. The van der Waals surface area contributed by atoms with Crippen LogP contribution in [0.3, 0.4) is 0 Å². The van der Waals surface area contributed by atoms with E-state index in [0.717, 1.165) is 5.56 Å². The van der Waals surface area contributed by atoms with Crippen molar-refractivity contribution in [1.29, 1.82) is 0 Å². The van der Waals surface area contributed by atoms with Gasteiger partial charge in [0.2, 0.25) is 0 Å². The lowest BCUT2D eigenvalue weighted by Gasteiger charge is -2.13. The molecule has 0 amide bonds. The second kappa shape index (κ2) is 5.54. The third kappa shape index (κ3) is 2.63. The summed E-state index contributed by atoms with van der Waals surface area (Å²) in [6.45, 7) is 4.11. The van der Waals surface area contributed by atoms with E-state index in [2.05, 4.69) is 24.0 Å². The third-order valence-electron chi connectivity index (χ3n) is 3.03. The van der Waals surface area contributed by atoms with Gasteiger partial charge in [0.25, 0.3) is 0 Å². The Kier molecular flexibility index (Phi) is 3.99. The lowest BCUT2D eigenvalue weighted by atomic mass is 9.99. The summed E-state index contributed by atoms with van der Waals surface area (Å²) in [6.07, 6.45) is 0. The number of aromatic amines is 1. The average Bonchev–Trinajstić information content (AvgIpc) is 2.88. The second-order valence-corrected chi connectivity index (χ2v) is 5.09. The molecule has 0 saturated heterocycles. The molecule has 1 aromatic heterocycles. The van der Waals surface area contributed by atoms with E-state index in [0.29, 0.717) is 22.0 Å². The molecule has 0 aliphatic rings. The molecule has 1 heterocycles. The van der Waals surface area contributed by atoms with Crippen LogP contribution in [0.25, 0.3) is 11.3 Å². The molecule has 0 unspecified atom stereocenters. The van der Waals surface area contributed by atoms with Gasteiger partial charge in [0.1, 0.15) is 11.4 Å². The molecule has 106 valence electrons. The summed E-state index contributed by atoms with van der Waals surface area (Å²) in [7, 11) is 1.54. The van der Waals surface area contributed by atoms with Crippen molar-refractivity contribution in [2.45, 2.75) is 19.8 Å². The predicted molar refractivity (Wildman–Crippen MR) is 76.6 cm³/mol. The summed E-state index contributed by atoms with van der Waals surface area (Å²) in [6, 6.07) is 5.23. The van der Waals surface area contributed by atoms with Gasteiger partial charge in [0.05, 0.1) is 17.8 Å². The Labute approximate surface area is 121 Å². The first-order chi connectivity index (χ1) is 9.43. The molecule has 20 heavy (non-hydrogen) atoms. The summed E-state index contributed by atoms with van der Waals surface area (Å²) < 4.78 is 5.27.